The Hall–Kier alpha value is -1.04. The van der Waals surface area contributed by atoms with Gasteiger partial charge in [0.25, 0.3) is 0 Å². The van der Waals surface area contributed by atoms with E-state index in [-0.39, 0.29) is 0 Å². The van der Waals surface area contributed by atoms with Gasteiger partial charge in [-0.1, -0.05) is 43.3 Å². The molecule has 1 aromatic rings. The summed E-state index contributed by atoms with van der Waals surface area (Å²) in [5.74, 6) is 0.723. The molecule has 1 aliphatic rings. The predicted octanol–water partition coefficient (Wildman–Crippen LogP) is 3.99. The normalized spacial score (nSPS) is 24.2. The van der Waals surface area contributed by atoms with E-state index in [9.17, 15) is 0 Å². The lowest BCUT2D eigenvalue weighted by atomic mass is 9.89. The number of fused-ring (bicyclic) bond motifs is 1. The van der Waals surface area contributed by atoms with Gasteiger partial charge in [0.05, 0.1) is 0 Å². The zero-order valence-electron chi connectivity index (χ0n) is 8.16. The quantitative estimate of drug-likeness (QED) is 0.555. The fraction of sp³-hybridized carbons (Fsp3) is 0.385. The number of benzene rings is 1. The van der Waals surface area contributed by atoms with Gasteiger partial charge in [0.2, 0.25) is 0 Å². The first-order valence-corrected chi connectivity index (χ1v) is 5.13. The lowest BCUT2D eigenvalue weighted by Crippen LogP contribution is -1.98. The van der Waals surface area contributed by atoms with Crippen molar-refractivity contribution in [3.8, 4) is 0 Å². The second-order valence-corrected chi connectivity index (χ2v) is 3.86. The molecular formula is C13H16. The maximum Gasteiger partial charge on any atom is -0.0184 e. The lowest BCUT2D eigenvalue weighted by Gasteiger charge is -2.16. The average Bonchev–Trinajstić information content (AvgIpc) is 2.14. The average molecular weight is 172 g/mol. The fourth-order valence-corrected chi connectivity index (χ4v) is 2.02. The van der Waals surface area contributed by atoms with Crippen LogP contribution in [-0.2, 0) is 0 Å². The first kappa shape index (κ1) is 8.55. The van der Waals surface area contributed by atoms with Crippen LogP contribution in [0.2, 0.25) is 0 Å². The standard InChI is InChI=1S/C13H16/c1-11-7-3-2-4-8-12-9-5-6-10-13(11)12/h4-6,8-11H,2-3,7H2,1H3/b8-4+. The molecule has 0 heteroatoms. The number of hydrogen-bond acceptors (Lipinski definition) is 0. The van der Waals surface area contributed by atoms with Gasteiger partial charge in [-0.2, -0.15) is 0 Å². The highest BCUT2D eigenvalue weighted by atomic mass is 14.1. The second-order valence-electron chi connectivity index (χ2n) is 3.86. The Kier molecular flexibility index (Phi) is 2.49. The van der Waals surface area contributed by atoms with Crippen LogP contribution in [-0.4, -0.2) is 0 Å². The summed E-state index contributed by atoms with van der Waals surface area (Å²) in [5, 5.41) is 0. The first-order valence-electron chi connectivity index (χ1n) is 5.13. The molecule has 0 aromatic heterocycles. The molecule has 68 valence electrons. The summed E-state index contributed by atoms with van der Waals surface area (Å²) in [6.45, 7) is 2.33. The smallest absolute Gasteiger partial charge is 0.0184 e. The molecule has 1 unspecified atom stereocenters. The maximum atomic E-state index is 2.33. The Morgan fingerprint density at radius 3 is 3.00 bits per heavy atom. The maximum absolute atomic E-state index is 2.33. The summed E-state index contributed by atoms with van der Waals surface area (Å²) in [4.78, 5) is 0. The monoisotopic (exact) mass is 172 g/mol. The van der Waals surface area contributed by atoms with Gasteiger partial charge in [-0.25, -0.2) is 0 Å². The van der Waals surface area contributed by atoms with E-state index in [0.29, 0.717) is 0 Å². The molecule has 0 saturated carbocycles. The molecule has 0 fully saturated rings. The zero-order valence-corrected chi connectivity index (χ0v) is 8.16. The molecule has 2 rings (SSSR count). The molecule has 0 nitrogen and oxygen atoms in total. The minimum absolute atomic E-state index is 0.723. The molecule has 0 N–H and O–H groups in total. The van der Waals surface area contributed by atoms with Gasteiger partial charge in [0, 0.05) is 0 Å². The van der Waals surface area contributed by atoms with Gasteiger partial charge in [-0.05, 0) is 36.3 Å². The third-order valence-corrected chi connectivity index (χ3v) is 2.83. The highest BCUT2D eigenvalue weighted by Crippen LogP contribution is 2.27. The Balaban J connectivity index is 2.43. The van der Waals surface area contributed by atoms with Gasteiger partial charge in [-0.15, -0.1) is 0 Å². The predicted molar refractivity (Wildman–Crippen MR) is 57.7 cm³/mol. The van der Waals surface area contributed by atoms with Crippen LogP contribution in [0.1, 0.15) is 43.2 Å². The van der Waals surface area contributed by atoms with E-state index in [2.05, 4.69) is 43.3 Å². The van der Waals surface area contributed by atoms with Crippen LogP contribution >= 0.6 is 0 Å². The Morgan fingerprint density at radius 2 is 2.08 bits per heavy atom. The highest BCUT2D eigenvalue weighted by molar-refractivity contribution is 5.55. The molecule has 0 amide bonds. The van der Waals surface area contributed by atoms with Gasteiger partial charge in [-0.3, -0.25) is 0 Å². The van der Waals surface area contributed by atoms with E-state index in [4.69, 9.17) is 0 Å². The minimum Gasteiger partial charge on any atom is -0.0839 e. The van der Waals surface area contributed by atoms with Gasteiger partial charge in [0.15, 0.2) is 0 Å². The van der Waals surface area contributed by atoms with Crippen molar-refractivity contribution in [2.24, 2.45) is 0 Å². The summed E-state index contributed by atoms with van der Waals surface area (Å²) < 4.78 is 0. The number of rotatable bonds is 0. The van der Waals surface area contributed by atoms with Gasteiger partial charge in [0.1, 0.15) is 0 Å². The van der Waals surface area contributed by atoms with E-state index in [1.54, 1.807) is 0 Å². The molecular weight excluding hydrogens is 156 g/mol. The highest BCUT2D eigenvalue weighted by Gasteiger charge is 2.09. The molecule has 0 heterocycles. The van der Waals surface area contributed by atoms with E-state index in [1.165, 1.54) is 30.4 Å². The largest absolute Gasteiger partial charge is 0.0839 e. The summed E-state index contributed by atoms with van der Waals surface area (Å²) in [6.07, 6.45) is 8.45. The van der Waals surface area contributed by atoms with E-state index in [1.807, 2.05) is 0 Å². The minimum atomic E-state index is 0.723. The van der Waals surface area contributed by atoms with Gasteiger partial charge >= 0.3 is 0 Å². The summed E-state index contributed by atoms with van der Waals surface area (Å²) in [6, 6.07) is 8.74. The molecule has 0 spiro atoms. The Labute approximate surface area is 80.3 Å². The summed E-state index contributed by atoms with van der Waals surface area (Å²) in [5.41, 5.74) is 2.92. The van der Waals surface area contributed by atoms with Crippen molar-refractivity contribution in [1.29, 1.82) is 0 Å². The van der Waals surface area contributed by atoms with Crippen molar-refractivity contribution in [3.05, 3.63) is 41.5 Å². The number of hydrogen-bond donors (Lipinski definition) is 0. The molecule has 0 bridgehead atoms. The van der Waals surface area contributed by atoms with Crippen LogP contribution in [0.3, 0.4) is 0 Å². The molecule has 13 heavy (non-hydrogen) atoms. The number of allylic oxidation sites excluding steroid dienone is 1. The van der Waals surface area contributed by atoms with Crippen LogP contribution in [0, 0.1) is 0 Å². The first-order chi connectivity index (χ1) is 6.38. The van der Waals surface area contributed by atoms with Crippen molar-refractivity contribution in [3.63, 3.8) is 0 Å². The van der Waals surface area contributed by atoms with Crippen molar-refractivity contribution in [1.82, 2.24) is 0 Å². The Morgan fingerprint density at radius 1 is 1.23 bits per heavy atom. The van der Waals surface area contributed by atoms with Crippen molar-refractivity contribution in [2.75, 3.05) is 0 Å². The fourth-order valence-electron chi connectivity index (χ4n) is 2.02. The Bertz CT molecular complexity index is 310. The van der Waals surface area contributed by atoms with Crippen LogP contribution < -0.4 is 0 Å². The molecule has 1 atom stereocenters. The molecule has 1 aromatic carbocycles. The molecule has 1 aliphatic carbocycles. The van der Waals surface area contributed by atoms with Crippen LogP contribution in [0.15, 0.2) is 30.3 Å². The van der Waals surface area contributed by atoms with Gasteiger partial charge < -0.3 is 0 Å². The SMILES string of the molecule is CC1CCC/C=C/c2ccccc21. The zero-order chi connectivity index (χ0) is 9.10. The molecule has 0 radical (unpaired) electrons. The van der Waals surface area contributed by atoms with E-state index in [0.717, 1.165) is 5.92 Å². The second kappa shape index (κ2) is 3.78. The van der Waals surface area contributed by atoms with Crippen molar-refractivity contribution < 1.29 is 0 Å². The summed E-state index contributed by atoms with van der Waals surface area (Å²) >= 11 is 0. The van der Waals surface area contributed by atoms with Crippen LogP contribution in [0.5, 0.6) is 0 Å². The molecule has 0 saturated heterocycles. The van der Waals surface area contributed by atoms with E-state index < -0.39 is 0 Å². The summed E-state index contributed by atoms with van der Waals surface area (Å²) in [7, 11) is 0. The van der Waals surface area contributed by atoms with Crippen molar-refractivity contribution >= 4 is 6.08 Å². The third-order valence-electron chi connectivity index (χ3n) is 2.83. The van der Waals surface area contributed by atoms with Crippen LogP contribution in [0.25, 0.3) is 6.08 Å². The van der Waals surface area contributed by atoms with Crippen LogP contribution in [0.4, 0.5) is 0 Å². The third kappa shape index (κ3) is 1.82. The van der Waals surface area contributed by atoms with E-state index >= 15 is 0 Å². The topological polar surface area (TPSA) is 0 Å². The molecule has 0 aliphatic heterocycles. The van der Waals surface area contributed by atoms with Crippen molar-refractivity contribution in [2.45, 2.75) is 32.1 Å². The lowest BCUT2D eigenvalue weighted by molar-refractivity contribution is 0.636.